The van der Waals surface area contributed by atoms with E-state index in [1.165, 1.54) is 16.7 Å². The number of aryl methyl sites for hydroxylation is 1. The summed E-state index contributed by atoms with van der Waals surface area (Å²) >= 11 is 0. The first kappa shape index (κ1) is 17.0. The average Bonchev–Trinajstić information content (AvgIpc) is 2.93. The van der Waals surface area contributed by atoms with Crippen molar-refractivity contribution in [3.63, 3.8) is 0 Å². The molecule has 0 aliphatic heterocycles. The molecule has 1 aromatic heterocycles. The fourth-order valence-electron chi connectivity index (χ4n) is 6.24. The zero-order valence-electron chi connectivity index (χ0n) is 15.8. The molecule has 0 amide bonds. The molecule has 0 radical (unpaired) electrons. The number of hydrogen-bond donors (Lipinski definition) is 2. The van der Waals surface area contributed by atoms with E-state index in [1.54, 1.807) is 6.20 Å². The van der Waals surface area contributed by atoms with Gasteiger partial charge >= 0.3 is 0 Å². The highest BCUT2D eigenvalue weighted by atomic mass is 16.3. The van der Waals surface area contributed by atoms with Crippen LogP contribution in [-0.4, -0.2) is 21.3 Å². The Hall–Kier alpha value is -2.13. The molecule has 0 saturated heterocycles. The third-order valence-electron chi connectivity index (χ3n) is 7.62. The molecule has 5 rings (SSSR count). The van der Waals surface area contributed by atoms with Crippen LogP contribution in [-0.2, 0) is 6.42 Å². The molecule has 27 heavy (non-hydrogen) atoms. The molecule has 140 valence electrons. The summed E-state index contributed by atoms with van der Waals surface area (Å²) in [5, 5.41) is 21.0. The lowest BCUT2D eigenvalue weighted by Gasteiger charge is -2.49. The lowest BCUT2D eigenvalue weighted by Crippen LogP contribution is -2.44. The fraction of sp³-hybridized carbons (Fsp3) is 0.458. The van der Waals surface area contributed by atoms with E-state index in [0.717, 1.165) is 37.7 Å². The van der Waals surface area contributed by atoms with Crippen molar-refractivity contribution >= 4 is 6.08 Å². The summed E-state index contributed by atoms with van der Waals surface area (Å²) in [5.41, 5.74) is 4.99. The lowest BCUT2D eigenvalue weighted by atomic mass is 9.55. The molecule has 1 heterocycles. The number of aliphatic hydroxyl groups excluding tert-OH is 1. The van der Waals surface area contributed by atoms with Crippen molar-refractivity contribution in [2.24, 2.45) is 17.3 Å². The van der Waals surface area contributed by atoms with E-state index in [4.69, 9.17) is 0 Å². The van der Waals surface area contributed by atoms with Gasteiger partial charge < -0.3 is 10.2 Å². The van der Waals surface area contributed by atoms with Gasteiger partial charge in [-0.1, -0.05) is 25.1 Å². The number of phenolic OH excluding ortho intramolecular Hbond substituents is 1. The third-order valence-corrected chi connectivity index (χ3v) is 7.62. The minimum Gasteiger partial charge on any atom is -0.508 e. The van der Waals surface area contributed by atoms with Crippen molar-refractivity contribution in [2.75, 3.05) is 0 Å². The number of aromatic hydroxyl groups is 1. The van der Waals surface area contributed by atoms with Crippen LogP contribution in [0.15, 0.2) is 48.3 Å². The number of pyridine rings is 1. The summed E-state index contributed by atoms with van der Waals surface area (Å²) in [5.74, 6) is 2.09. The van der Waals surface area contributed by atoms with Gasteiger partial charge in [-0.25, -0.2) is 0 Å². The second-order valence-corrected chi connectivity index (χ2v) is 8.96. The number of rotatable bonds is 1. The Labute approximate surface area is 160 Å². The summed E-state index contributed by atoms with van der Waals surface area (Å²) in [6, 6.07) is 9.94. The van der Waals surface area contributed by atoms with Crippen LogP contribution in [0.2, 0.25) is 0 Å². The molecule has 5 atom stereocenters. The monoisotopic (exact) mass is 361 g/mol. The van der Waals surface area contributed by atoms with E-state index in [1.807, 2.05) is 24.4 Å². The molecular weight excluding hydrogens is 334 g/mol. The summed E-state index contributed by atoms with van der Waals surface area (Å²) in [7, 11) is 0. The number of aliphatic hydroxyl groups is 1. The lowest BCUT2D eigenvalue weighted by molar-refractivity contribution is -0.0158. The van der Waals surface area contributed by atoms with Gasteiger partial charge in [-0.15, -0.1) is 0 Å². The highest BCUT2D eigenvalue weighted by Crippen LogP contribution is 2.62. The summed E-state index contributed by atoms with van der Waals surface area (Å²) in [6.45, 7) is 2.30. The van der Waals surface area contributed by atoms with Crippen LogP contribution in [0.1, 0.15) is 55.2 Å². The van der Waals surface area contributed by atoms with Crippen LogP contribution in [0.25, 0.3) is 6.08 Å². The Morgan fingerprint density at radius 2 is 2.11 bits per heavy atom. The molecule has 0 bridgehead atoms. The minimum atomic E-state index is -0.357. The molecule has 2 aromatic rings. The second-order valence-electron chi connectivity index (χ2n) is 8.96. The first-order valence-electron chi connectivity index (χ1n) is 10.2. The number of hydrogen-bond acceptors (Lipinski definition) is 3. The van der Waals surface area contributed by atoms with Crippen molar-refractivity contribution in [1.29, 1.82) is 0 Å². The number of fused-ring (bicyclic) bond motifs is 5. The maximum atomic E-state index is 11.2. The van der Waals surface area contributed by atoms with E-state index in [9.17, 15) is 10.2 Å². The quantitative estimate of drug-likeness (QED) is 0.774. The summed E-state index contributed by atoms with van der Waals surface area (Å²) in [6.07, 6.45) is 10.8. The highest BCUT2D eigenvalue weighted by Gasteiger charge is 2.56. The normalized spacial score (nSPS) is 36.1. The van der Waals surface area contributed by atoms with Crippen LogP contribution >= 0.6 is 0 Å². The van der Waals surface area contributed by atoms with E-state index >= 15 is 0 Å². The van der Waals surface area contributed by atoms with Gasteiger partial charge in [0.05, 0.1) is 6.10 Å². The molecule has 0 spiro atoms. The van der Waals surface area contributed by atoms with Crippen molar-refractivity contribution in [3.8, 4) is 5.75 Å². The maximum absolute atomic E-state index is 11.2. The van der Waals surface area contributed by atoms with Gasteiger partial charge in [-0.2, -0.15) is 0 Å². The van der Waals surface area contributed by atoms with E-state index < -0.39 is 0 Å². The Balaban J connectivity index is 1.49. The predicted molar refractivity (Wildman–Crippen MR) is 106 cm³/mol. The Morgan fingerprint density at radius 3 is 2.93 bits per heavy atom. The highest BCUT2D eigenvalue weighted by molar-refractivity contribution is 5.54. The molecule has 3 nitrogen and oxygen atoms in total. The van der Waals surface area contributed by atoms with Gasteiger partial charge in [-0.3, -0.25) is 4.98 Å². The van der Waals surface area contributed by atoms with Gasteiger partial charge in [0.2, 0.25) is 0 Å². The first-order valence-corrected chi connectivity index (χ1v) is 10.2. The number of phenols is 1. The van der Waals surface area contributed by atoms with E-state index in [0.29, 0.717) is 23.5 Å². The van der Waals surface area contributed by atoms with Gasteiger partial charge in [0.25, 0.3) is 0 Å². The van der Waals surface area contributed by atoms with Crippen molar-refractivity contribution in [3.05, 3.63) is 65.0 Å². The predicted octanol–water partition coefficient (Wildman–Crippen LogP) is 4.70. The van der Waals surface area contributed by atoms with Gasteiger partial charge in [0, 0.05) is 17.8 Å². The van der Waals surface area contributed by atoms with Crippen LogP contribution in [0.4, 0.5) is 0 Å². The van der Waals surface area contributed by atoms with Crippen LogP contribution in [0.3, 0.4) is 0 Å². The number of benzene rings is 1. The first-order chi connectivity index (χ1) is 13.1. The van der Waals surface area contributed by atoms with Crippen LogP contribution in [0, 0.1) is 17.3 Å². The Bertz CT molecular complexity index is 891. The molecule has 3 aliphatic rings. The van der Waals surface area contributed by atoms with Gasteiger partial charge in [0.1, 0.15) is 5.75 Å². The van der Waals surface area contributed by atoms with Crippen LogP contribution < -0.4 is 0 Å². The Morgan fingerprint density at radius 1 is 1.22 bits per heavy atom. The summed E-state index contributed by atoms with van der Waals surface area (Å²) < 4.78 is 0. The number of aromatic nitrogens is 1. The molecular formula is C24H27NO2. The van der Waals surface area contributed by atoms with E-state index in [-0.39, 0.29) is 11.5 Å². The molecule has 2 saturated carbocycles. The zero-order valence-corrected chi connectivity index (χ0v) is 15.8. The third kappa shape index (κ3) is 2.63. The van der Waals surface area contributed by atoms with Crippen LogP contribution in [0.5, 0.6) is 5.75 Å². The average molecular weight is 361 g/mol. The largest absolute Gasteiger partial charge is 0.508 e. The number of nitrogens with zero attached hydrogens (tertiary/aromatic N) is 1. The van der Waals surface area contributed by atoms with Crippen molar-refractivity contribution in [1.82, 2.24) is 4.98 Å². The molecule has 2 N–H and O–H groups in total. The molecule has 3 heteroatoms. The Kier molecular flexibility index (Phi) is 3.90. The SMILES string of the molecule is C[C@]12CCC3c4ccc(O)cc4CCC3C1C/C(=C\c1cccnc1)[C@@H]2O. The molecule has 1 aromatic carbocycles. The minimum absolute atomic E-state index is 0.0242. The van der Waals surface area contributed by atoms with Gasteiger partial charge in [-0.05, 0) is 90.3 Å². The van der Waals surface area contributed by atoms with E-state index in [2.05, 4.69) is 30.1 Å². The van der Waals surface area contributed by atoms with Gasteiger partial charge in [0.15, 0.2) is 0 Å². The summed E-state index contributed by atoms with van der Waals surface area (Å²) in [4.78, 5) is 4.21. The maximum Gasteiger partial charge on any atom is 0.115 e. The topological polar surface area (TPSA) is 53.4 Å². The van der Waals surface area contributed by atoms with Crippen molar-refractivity contribution in [2.45, 2.75) is 51.0 Å². The molecule has 3 aliphatic carbocycles. The zero-order chi connectivity index (χ0) is 18.6. The smallest absolute Gasteiger partial charge is 0.115 e. The van der Waals surface area contributed by atoms with Crippen molar-refractivity contribution < 1.29 is 10.2 Å². The molecule has 2 fully saturated rings. The molecule has 3 unspecified atom stereocenters. The second kappa shape index (κ2) is 6.20. The fourth-order valence-corrected chi connectivity index (χ4v) is 6.24. The standard InChI is InChI=1S/C24H27NO2/c1-24-9-8-20-19-7-5-18(26)12-16(19)4-6-21(20)22(24)13-17(23(24)27)11-15-3-2-10-25-14-15/h2-3,5,7,10-12,14,20-23,26-27H,4,6,8-9,13H2,1H3/b17-11+/t20?,21?,22?,23-,24-/m0/s1.